The van der Waals surface area contributed by atoms with Gasteiger partial charge in [-0.3, -0.25) is 19.4 Å². The number of aromatic nitrogens is 2. The van der Waals surface area contributed by atoms with E-state index in [-0.39, 0.29) is 28.6 Å². The summed E-state index contributed by atoms with van der Waals surface area (Å²) in [4.78, 5) is 46.6. The molecule has 0 spiro atoms. The van der Waals surface area contributed by atoms with Gasteiger partial charge in [0.2, 0.25) is 17.4 Å². The van der Waals surface area contributed by atoms with Crippen LogP contribution in [0.2, 0.25) is 0 Å². The molecule has 256 valence electrons. The van der Waals surface area contributed by atoms with E-state index in [1.165, 1.54) is 18.3 Å². The van der Waals surface area contributed by atoms with E-state index >= 15 is 0 Å². The predicted octanol–water partition coefficient (Wildman–Crippen LogP) is 4.65. The average molecular weight is 688 g/mol. The summed E-state index contributed by atoms with van der Waals surface area (Å²) in [7, 11) is 0. The number of fused-ring (bicyclic) bond motifs is 2. The van der Waals surface area contributed by atoms with Crippen LogP contribution in [0.15, 0.2) is 54.7 Å². The number of carbonyl (C=O) groups is 3. The molecule has 2 atom stereocenters. The lowest BCUT2D eigenvalue weighted by molar-refractivity contribution is -0.265. The van der Waals surface area contributed by atoms with Crippen LogP contribution < -0.4 is 21.1 Å². The van der Waals surface area contributed by atoms with Gasteiger partial charge in [0.05, 0.1) is 23.4 Å². The van der Waals surface area contributed by atoms with Gasteiger partial charge in [0.15, 0.2) is 5.41 Å². The number of carbonyl (C=O) groups excluding carboxylic acids is 3. The Hall–Kier alpha value is -5.25. The van der Waals surface area contributed by atoms with E-state index in [1.54, 1.807) is 13.0 Å². The van der Waals surface area contributed by atoms with Crippen molar-refractivity contribution < 1.29 is 50.6 Å². The van der Waals surface area contributed by atoms with Gasteiger partial charge < -0.3 is 26.2 Å². The molecule has 3 amide bonds. The summed E-state index contributed by atoms with van der Waals surface area (Å²) in [5.41, 5.74) is -3.30. The van der Waals surface area contributed by atoms with Crippen LogP contribution in [0, 0.1) is 18.7 Å². The van der Waals surface area contributed by atoms with Gasteiger partial charge in [0.1, 0.15) is 23.9 Å². The number of hydrogen-bond donors (Lipinski definition) is 4. The maximum Gasteiger partial charge on any atom is 0.424 e. The first-order valence-corrected chi connectivity index (χ1v) is 14.9. The fourth-order valence-electron chi connectivity index (χ4n) is 5.59. The van der Waals surface area contributed by atoms with Crippen LogP contribution in [0.3, 0.4) is 0 Å². The molecule has 2 aromatic heterocycles. The molecule has 0 radical (unpaired) electrons. The van der Waals surface area contributed by atoms with E-state index in [9.17, 15) is 45.8 Å². The highest BCUT2D eigenvalue weighted by molar-refractivity contribution is 6.06. The molecule has 0 bridgehead atoms. The minimum Gasteiger partial charge on any atom is -0.489 e. The number of anilines is 1. The number of primary amides is 1. The van der Waals surface area contributed by atoms with E-state index in [0.717, 1.165) is 24.3 Å². The number of nitrogens with zero attached hydrogens (tertiary/aromatic N) is 2. The topological polar surface area (TPSA) is 157 Å². The van der Waals surface area contributed by atoms with Crippen molar-refractivity contribution in [3.63, 3.8) is 0 Å². The number of nitrogens with one attached hydrogen (secondary N) is 2. The SMILES string of the molecule is Cc1cnc2c(NC(=O)C3CC3)cc(C(=O)NCC(O)(c3cc4c(c(-c5ccc(F)cc5)n3)OC[C@@]4(C(N)=O)C(F)F)C(F)(F)F)cc2c1. The largest absolute Gasteiger partial charge is 0.489 e. The van der Waals surface area contributed by atoms with Crippen molar-refractivity contribution >= 4 is 34.3 Å². The zero-order chi connectivity index (χ0) is 35.5. The standard InChI is InChI=1S/C33H27F6N5O5/c1-15-8-18-9-19(10-22(24(18)41-12-15)43-28(46)17-2-3-17)27(45)42-13-32(48,33(37,38)39)23-11-21-26(49-14-31(21,29(35)36)30(40)47)25(44-23)16-4-6-20(34)7-5-16/h4-12,17,29,48H,2-3,13-14H2,1H3,(H2,40,47)(H,42,45)(H,43,46)/t31-,32?/m0/s1. The van der Waals surface area contributed by atoms with E-state index in [1.807, 2.05) is 5.32 Å². The number of aliphatic hydroxyl groups is 1. The number of benzene rings is 2. The van der Waals surface area contributed by atoms with Crippen molar-refractivity contribution in [2.75, 3.05) is 18.5 Å². The number of halogens is 6. The van der Waals surface area contributed by atoms with Gasteiger partial charge >= 0.3 is 6.18 Å². The summed E-state index contributed by atoms with van der Waals surface area (Å²) in [5, 5.41) is 16.4. The number of aryl methyl sites for hydroxylation is 1. The van der Waals surface area contributed by atoms with Gasteiger partial charge in [-0.2, -0.15) is 13.2 Å². The maximum atomic E-state index is 14.8. The second-order valence-corrected chi connectivity index (χ2v) is 12.1. The Kier molecular flexibility index (Phi) is 8.25. The minimum atomic E-state index is -5.59. The number of ether oxygens (including phenoxy) is 1. The second-order valence-electron chi connectivity index (χ2n) is 12.1. The zero-order valence-electron chi connectivity index (χ0n) is 25.5. The molecule has 5 N–H and O–H groups in total. The van der Waals surface area contributed by atoms with Gasteiger partial charge in [-0.25, -0.2) is 18.2 Å². The number of rotatable bonds is 9. The first kappa shape index (κ1) is 33.6. The molecule has 1 saturated carbocycles. The van der Waals surface area contributed by atoms with Crippen LogP contribution in [0.5, 0.6) is 5.75 Å². The maximum absolute atomic E-state index is 14.8. The van der Waals surface area contributed by atoms with Crippen molar-refractivity contribution in [1.82, 2.24) is 15.3 Å². The molecule has 2 aromatic carbocycles. The fourth-order valence-corrected chi connectivity index (χ4v) is 5.59. The summed E-state index contributed by atoms with van der Waals surface area (Å²) < 4.78 is 92.5. The van der Waals surface area contributed by atoms with E-state index in [4.69, 9.17) is 10.5 Å². The van der Waals surface area contributed by atoms with Crippen molar-refractivity contribution in [2.24, 2.45) is 11.7 Å². The molecule has 4 aromatic rings. The molecule has 10 nitrogen and oxygen atoms in total. The Balaban J connectivity index is 1.42. The minimum absolute atomic E-state index is 0.0940. The summed E-state index contributed by atoms with van der Waals surface area (Å²) in [6.45, 7) is -0.899. The van der Waals surface area contributed by atoms with Gasteiger partial charge in [-0.1, -0.05) is 0 Å². The molecular weight excluding hydrogens is 660 g/mol. The zero-order valence-corrected chi connectivity index (χ0v) is 25.5. The summed E-state index contributed by atoms with van der Waals surface area (Å²) in [6.07, 6.45) is -6.25. The predicted molar refractivity (Wildman–Crippen MR) is 162 cm³/mol. The lowest BCUT2D eigenvalue weighted by Gasteiger charge is -2.32. The highest BCUT2D eigenvalue weighted by atomic mass is 19.4. The molecule has 1 fully saturated rings. The Morgan fingerprint density at radius 1 is 1.10 bits per heavy atom. The molecule has 1 aliphatic heterocycles. The van der Waals surface area contributed by atoms with Crippen molar-refractivity contribution in [3.8, 4) is 17.0 Å². The first-order chi connectivity index (χ1) is 23.0. The molecule has 49 heavy (non-hydrogen) atoms. The quantitative estimate of drug-likeness (QED) is 0.187. The lowest BCUT2D eigenvalue weighted by atomic mass is 9.80. The Morgan fingerprint density at radius 3 is 2.41 bits per heavy atom. The van der Waals surface area contributed by atoms with Crippen LogP contribution in [0.1, 0.15) is 40.0 Å². The highest BCUT2D eigenvalue weighted by Gasteiger charge is 2.60. The summed E-state index contributed by atoms with van der Waals surface area (Å²) in [6, 6.07) is 8.69. The second kappa shape index (κ2) is 12.0. The number of nitrogens with two attached hydrogens (primary N) is 1. The van der Waals surface area contributed by atoms with Crippen LogP contribution in [0.25, 0.3) is 22.2 Å². The number of pyridine rings is 2. The van der Waals surface area contributed by atoms with E-state index in [0.29, 0.717) is 35.4 Å². The fraction of sp³-hybridized carbons (Fsp3) is 0.303. The Bertz CT molecular complexity index is 2000. The Morgan fingerprint density at radius 2 is 1.80 bits per heavy atom. The molecule has 6 rings (SSSR count). The molecule has 3 heterocycles. The van der Waals surface area contributed by atoms with E-state index in [2.05, 4.69) is 15.3 Å². The molecule has 1 unspecified atom stereocenters. The smallest absolute Gasteiger partial charge is 0.424 e. The summed E-state index contributed by atoms with van der Waals surface area (Å²) >= 11 is 0. The van der Waals surface area contributed by atoms with E-state index < -0.39 is 77.1 Å². The molecule has 16 heteroatoms. The van der Waals surface area contributed by atoms with Crippen LogP contribution in [0.4, 0.5) is 32.0 Å². The third kappa shape index (κ3) is 5.89. The molecule has 2 aliphatic rings. The average Bonchev–Trinajstić information content (AvgIpc) is 3.82. The lowest BCUT2D eigenvalue weighted by Crippen LogP contribution is -2.52. The van der Waals surface area contributed by atoms with Crippen molar-refractivity contribution in [3.05, 3.63) is 82.9 Å². The molecule has 0 saturated heterocycles. The Labute approximate surface area is 273 Å². The van der Waals surface area contributed by atoms with Gasteiger partial charge in [-0.15, -0.1) is 0 Å². The van der Waals surface area contributed by atoms with Crippen LogP contribution in [-0.4, -0.2) is 58.5 Å². The third-order valence-corrected chi connectivity index (χ3v) is 8.61. The number of hydrogen-bond acceptors (Lipinski definition) is 7. The van der Waals surface area contributed by atoms with Gasteiger partial charge in [0, 0.05) is 34.2 Å². The van der Waals surface area contributed by atoms with Gasteiger partial charge in [-0.05, 0) is 73.9 Å². The first-order valence-electron chi connectivity index (χ1n) is 14.9. The number of amides is 3. The van der Waals surface area contributed by atoms with Crippen molar-refractivity contribution in [1.29, 1.82) is 0 Å². The number of alkyl halides is 5. The summed E-state index contributed by atoms with van der Waals surface area (Å²) in [5.74, 6) is -4.49. The van der Waals surface area contributed by atoms with Crippen LogP contribution in [-0.2, 0) is 20.6 Å². The highest BCUT2D eigenvalue weighted by Crippen LogP contribution is 2.50. The normalized spacial score (nSPS) is 18.5. The third-order valence-electron chi connectivity index (χ3n) is 8.61. The van der Waals surface area contributed by atoms with Crippen molar-refractivity contribution in [2.45, 2.75) is 43.4 Å². The monoisotopic (exact) mass is 687 g/mol. The molecular formula is C33H27F6N5O5. The van der Waals surface area contributed by atoms with Gasteiger partial charge in [0.25, 0.3) is 12.3 Å². The molecule has 1 aliphatic carbocycles. The van der Waals surface area contributed by atoms with Crippen LogP contribution >= 0.6 is 0 Å².